The van der Waals surface area contributed by atoms with E-state index >= 15 is 0 Å². The third kappa shape index (κ3) is 4.45. The minimum absolute atomic E-state index is 0.396. The highest BCUT2D eigenvalue weighted by Crippen LogP contribution is 2.15. The number of benzene rings is 1. The van der Waals surface area contributed by atoms with Crippen LogP contribution < -0.4 is 0 Å². The van der Waals surface area contributed by atoms with E-state index < -0.39 is 17.7 Å². The van der Waals surface area contributed by atoms with Crippen LogP contribution in [0.25, 0.3) is 0 Å². The van der Waals surface area contributed by atoms with Crippen molar-refractivity contribution < 1.29 is 14.6 Å². The second-order valence-electron chi connectivity index (χ2n) is 4.75. The Morgan fingerprint density at radius 2 is 1.88 bits per heavy atom. The van der Waals surface area contributed by atoms with Crippen molar-refractivity contribution >= 4 is 5.97 Å². The molecule has 1 N–H and O–H groups in total. The van der Waals surface area contributed by atoms with Crippen LogP contribution in [0.5, 0.6) is 0 Å². The van der Waals surface area contributed by atoms with E-state index in [9.17, 15) is 4.79 Å². The summed E-state index contributed by atoms with van der Waals surface area (Å²) in [7, 11) is 0. The van der Waals surface area contributed by atoms with Crippen LogP contribution in [0, 0.1) is 0 Å². The first-order valence-corrected chi connectivity index (χ1v) is 5.33. The van der Waals surface area contributed by atoms with Crippen LogP contribution in [0.1, 0.15) is 26.3 Å². The van der Waals surface area contributed by atoms with Gasteiger partial charge in [0.05, 0.1) is 5.60 Å². The molecule has 0 amide bonds. The van der Waals surface area contributed by atoms with Crippen LogP contribution in [0.3, 0.4) is 0 Å². The molecule has 0 aliphatic heterocycles. The highest BCUT2D eigenvalue weighted by atomic mass is 16.5. The largest absolute Gasteiger partial charge is 0.479 e. The molecule has 1 aromatic carbocycles. The van der Waals surface area contributed by atoms with Crippen molar-refractivity contribution in [2.75, 3.05) is 0 Å². The molecule has 3 heteroatoms. The Labute approximate surface area is 96.1 Å². The van der Waals surface area contributed by atoms with E-state index in [1.165, 1.54) is 0 Å². The zero-order chi connectivity index (χ0) is 12.2. The zero-order valence-corrected chi connectivity index (χ0v) is 9.93. The molecule has 0 aromatic heterocycles. The summed E-state index contributed by atoms with van der Waals surface area (Å²) >= 11 is 0. The quantitative estimate of drug-likeness (QED) is 0.851. The number of carboxylic acids is 1. The molecule has 0 aliphatic rings. The smallest absolute Gasteiger partial charge is 0.333 e. The lowest BCUT2D eigenvalue weighted by Crippen LogP contribution is -2.34. The Kier molecular flexibility index (Phi) is 4.07. The van der Waals surface area contributed by atoms with Crippen molar-refractivity contribution in [3.8, 4) is 0 Å². The van der Waals surface area contributed by atoms with Gasteiger partial charge in [-0.25, -0.2) is 4.79 Å². The summed E-state index contributed by atoms with van der Waals surface area (Å²) in [6.07, 6.45) is -0.393. The predicted molar refractivity (Wildman–Crippen MR) is 62.4 cm³/mol. The van der Waals surface area contributed by atoms with Crippen molar-refractivity contribution in [3.05, 3.63) is 35.9 Å². The molecule has 0 aliphatic carbocycles. The standard InChI is InChI=1S/C13H18O3/c1-13(2,3)16-11(12(14)15)9-10-7-5-4-6-8-10/h4-8,11H,9H2,1-3H3,(H,14,15)/t11-/m0/s1. The number of rotatable bonds is 4. The summed E-state index contributed by atoms with van der Waals surface area (Å²) in [4.78, 5) is 11.1. The molecule has 0 saturated heterocycles. The minimum atomic E-state index is -0.918. The van der Waals surface area contributed by atoms with Gasteiger partial charge in [-0.3, -0.25) is 0 Å². The summed E-state index contributed by atoms with van der Waals surface area (Å²) in [5, 5.41) is 9.07. The van der Waals surface area contributed by atoms with Gasteiger partial charge in [-0.2, -0.15) is 0 Å². The van der Waals surface area contributed by atoms with Crippen LogP contribution in [0.15, 0.2) is 30.3 Å². The van der Waals surface area contributed by atoms with Crippen LogP contribution in [-0.2, 0) is 16.0 Å². The van der Waals surface area contributed by atoms with Crippen molar-refractivity contribution in [1.29, 1.82) is 0 Å². The lowest BCUT2D eigenvalue weighted by Gasteiger charge is -2.25. The van der Waals surface area contributed by atoms with Crippen LogP contribution >= 0.6 is 0 Å². The van der Waals surface area contributed by atoms with Crippen molar-refractivity contribution in [1.82, 2.24) is 0 Å². The molecule has 3 nitrogen and oxygen atoms in total. The molecule has 1 atom stereocenters. The highest BCUT2D eigenvalue weighted by molar-refractivity contribution is 5.72. The van der Waals surface area contributed by atoms with Crippen LogP contribution in [0.4, 0.5) is 0 Å². The Hall–Kier alpha value is -1.35. The first-order chi connectivity index (χ1) is 7.38. The van der Waals surface area contributed by atoms with Gasteiger partial charge in [-0.15, -0.1) is 0 Å². The fourth-order valence-electron chi connectivity index (χ4n) is 1.43. The summed E-state index contributed by atoms with van der Waals surface area (Å²) in [6, 6.07) is 9.50. The maximum absolute atomic E-state index is 11.1. The normalized spacial score (nSPS) is 13.4. The molecule has 0 spiro atoms. The topological polar surface area (TPSA) is 46.5 Å². The highest BCUT2D eigenvalue weighted by Gasteiger charge is 2.24. The Morgan fingerprint density at radius 1 is 1.31 bits per heavy atom. The van der Waals surface area contributed by atoms with Gasteiger partial charge < -0.3 is 9.84 Å². The average molecular weight is 222 g/mol. The molecule has 0 heterocycles. The number of ether oxygens (including phenoxy) is 1. The summed E-state index contributed by atoms with van der Waals surface area (Å²) < 4.78 is 5.50. The lowest BCUT2D eigenvalue weighted by molar-refractivity contribution is -0.159. The molecule has 0 fully saturated rings. The van der Waals surface area contributed by atoms with E-state index in [0.717, 1.165) is 5.56 Å². The fourth-order valence-corrected chi connectivity index (χ4v) is 1.43. The Morgan fingerprint density at radius 3 is 2.31 bits per heavy atom. The molecule has 0 unspecified atom stereocenters. The summed E-state index contributed by atoms with van der Waals surface area (Å²) in [5.74, 6) is -0.918. The summed E-state index contributed by atoms with van der Waals surface area (Å²) in [6.45, 7) is 5.57. The zero-order valence-electron chi connectivity index (χ0n) is 9.93. The van der Waals surface area contributed by atoms with Crippen LogP contribution in [-0.4, -0.2) is 22.8 Å². The van der Waals surface area contributed by atoms with E-state index in [-0.39, 0.29) is 0 Å². The lowest BCUT2D eigenvalue weighted by atomic mass is 10.1. The van der Waals surface area contributed by atoms with Crippen molar-refractivity contribution in [2.24, 2.45) is 0 Å². The van der Waals surface area contributed by atoms with E-state index in [1.807, 2.05) is 51.1 Å². The number of carboxylic acid groups (broad SMARTS) is 1. The first-order valence-electron chi connectivity index (χ1n) is 5.33. The van der Waals surface area contributed by atoms with E-state index in [1.54, 1.807) is 0 Å². The predicted octanol–water partition coefficient (Wildman–Crippen LogP) is 2.50. The van der Waals surface area contributed by atoms with E-state index in [2.05, 4.69) is 0 Å². The SMILES string of the molecule is CC(C)(C)O[C@@H](Cc1ccccc1)C(=O)O. The number of hydrogen-bond acceptors (Lipinski definition) is 2. The molecule has 16 heavy (non-hydrogen) atoms. The minimum Gasteiger partial charge on any atom is -0.479 e. The van der Waals surface area contributed by atoms with Crippen molar-refractivity contribution in [2.45, 2.75) is 38.9 Å². The molecular formula is C13H18O3. The summed E-state index contributed by atoms with van der Waals surface area (Å²) in [5.41, 5.74) is 0.525. The molecule has 0 saturated carbocycles. The van der Waals surface area contributed by atoms with Gasteiger partial charge >= 0.3 is 5.97 Å². The number of aliphatic carboxylic acids is 1. The Bertz CT molecular complexity index is 338. The number of carbonyl (C=O) groups is 1. The second-order valence-corrected chi connectivity index (χ2v) is 4.75. The maximum atomic E-state index is 11.1. The molecule has 88 valence electrons. The van der Waals surface area contributed by atoms with Gasteiger partial charge in [0.2, 0.25) is 0 Å². The van der Waals surface area contributed by atoms with Gasteiger partial charge in [-0.1, -0.05) is 30.3 Å². The maximum Gasteiger partial charge on any atom is 0.333 e. The number of hydrogen-bond donors (Lipinski definition) is 1. The fraction of sp³-hybridized carbons (Fsp3) is 0.462. The van der Waals surface area contributed by atoms with E-state index in [4.69, 9.17) is 9.84 Å². The van der Waals surface area contributed by atoms with Gasteiger partial charge in [-0.05, 0) is 26.3 Å². The molecule has 0 bridgehead atoms. The monoisotopic (exact) mass is 222 g/mol. The third-order valence-corrected chi connectivity index (χ3v) is 2.04. The third-order valence-electron chi connectivity index (χ3n) is 2.04. The average Bonchev–Trinajstić information content (AvgIpc) is 2.16. The molecule has 1 aromatic rings. The second kappa shape index (κ2) is 5.12. The van der Waals surface area contributed by atoms with Gasteiger partial charge in [0, 0.05) is 6.42 Å². The van der Waals surface area contributed by atoms with Gasteiger partial charge in [0.25, 0.3) is 0 Å². The van der Waals surface area contributed by atoms with Crippen molar-refractivity contribution in [3.63, 3.8) is 0 Å². The van der Waals surface area contributed by atoms with E-state index in [0.29, 0.717) is 6.42 Å². The Balaban J connectivity index is 2.70. The molecule has 0 radical (unpaired) electrons. The van der Waals surface area contributed by atoms with Gasteiger partial charge in [0.1, 0.15) is 0 Å². The first kappa shape index (κ1) is 12.7. The molecule has 1 rings (SSSR count). The van der Waals surface area contributed by atoms with Gasteiger partial charge in [0.15, 0.2) is 6.10 Å². The van der Waals surface area contributed by atoms with Crippen LogP contribution in [0.2, 0.25) is 0 Å². The molecular weight excluding hydrogens is 204 g/mol.